The highest BCUT2D eigenvalue weighted by molar-refractivity contribution is 5.80. The van der Waals surface area contributed by atoms with Gasteiger partial charge in [-0.15, -0.1) is 0 Å². The molecule has 0 bridgehead atoms. The number of methoxy groups -OCH3 is 1. The van der Waals surface area contributed by atoms with E-state index in [1.807, 2.05) is 6.08 Å². The van der Waals surface area contributed by atoms with E-state index in [-0.39, 0.29) is 11.8 Å². The number of allylic oxidation sites excluding steroid dienone is 3. The Balaban J connectivity index is 2.64. The minimum atomic E-state index is 0.147. The summed E-state index contributed by atoms with van der Waals surface area (Å²) in [6.45, 7) is 10.2. The molecule has 3 heteroatoms. The number of hydrogen-bond acceptors (Lipinski definition) is 2. The molecule has 0 spiro atoms. The molecule has 1 fully saturated rings. The van der Waals surface area contributed by atoms with Gasteiger partial charge in [0.05, 0.1) is 7.11 Å². The molecule has 1 aliphatic carbocycles. The van der Waals surface area contributed by atoms with Crippen molar-refractivity contribution in [2.24, 2.45) is 17.8 Å². The normalized spacial score (nSPS) is 22.9. The van der Waals surface area contributed by atoms with Crippen molar-refractivity contribution in [1.82, 2.24) is 5.32 Å². The molecule has 1 N–H and O–H groups in total. The second-order valence-corrected chi connectivity index (χ2v) is 6.48. The smallest absolute Gasteiger partial charge is 0.227 e. The van der Waals surface area contributed by atoms with Crippen molar-refractivity contribution in [2.45, 2.75) is 52.9 Å². The quantitative estimate of drug-likeness (QED) is 0.552. The van der Waals surface area contributed by atoms with Gasteiger partial charge < -0.3 is 10.1 Å². The van der Waals surface area contributed by atoms with E-state index < -0.39 is 0 Å². The van der Waals surface area contributed by atoms with Gasteiger partial charge in [-0.2, -0.15) is 0 Å². The van der Waals surface area contributed by atoms with Crippen molar-refractivity contribution in [3.63, 3.8) is 0 Å². The fourth-order valence-corrected chi connectivity index (χ4v) is 2.83. The van der Waals surface area contributed by atoms with E-state index in [0.29, 0.717) is 11.7 Å². The van der Waals surface area contributed by atoms with Crippen LogP contribution >= 0.6 is 0 Å². The Morgan fingerprint density at radius 2 is 1.91 bits per heavy atom. The highest BCUT2D eigenvalue weighted by atomic mass is 16.5. The van der Waals surface area contributed by atoms with Gasteiger partial charge in [0.1, 0.15) is 5.76 Å². The van der Waals surface area contributed by atoms with Crippen molar-refractivity contribution in [3.8, 4) is 0 Å². The summed E-state index contributed by atoms with van der Waals surface area (Å²) in [7, 11) is 1.59. The van der Waals surface area contributed by atoms with Gasteiger partial charge in [0.25, 0.3) is 0 Å². The molecule has 0 aromatic heterocycles. The number of carbonyl (C=O) groups excluding carboxylic acids is 1. The van der Waals surface area contributed by atoms with Crippen molar-refractivity contribution in [3.05, 3.63) is 36.3 Å². The van der Waals surface area contributed by atoms with Crippen LogP contribution in [-0.4, -0.2) is 13.0 Å². The van der Waals surface area contributed by atoms with Crippen molar-refractivity contribution in [2.75, 3.05) is 7.11 Å². The maximum atomic E-state index is 12.5. The molecule has 0 heterocycles. The highest BCUT2D eigenvalue weighted by Crippen LogP contribution is 2.30. The zero-order chi connectivity index (χ0) is 16.5. The molecule has 0 unspecified atom stereocenters. The molecule has 1 amide bonds. The zero-order valence-corrected chi connectivity index (χ0v) is 14.5. The van der Waals surface area contributed by atoms with Gasteiger partial charge in [0, 0.05) is 11.6 Å². The number of amides is 1. The van der Waals surface area contributed by atoms with Crippen LogP contribution in [-0.2, 0) is 9.53 Å². The lowest BCUT2D eigenvalue weighted by Gasteiger charge is -2.27. The van der Waals surface area contributed by atoms with Crippen molar-refractivity contribution >= 4 is 5.91 Å². The molecule has 0 radical (unpaired) electrons. The molecule has 1 rings (SSSR count). The first kappa shape index (κ1) is 18.5. The Kier molecular flexibility index (Phi) is 8.00. The molecule has 0 aromatic carbocycles. The molecular formula is C19H31NO2. The van der Waals surface area contributed by atoms with Crippen LogP contribution in [0.1, 0.15) is 52.9 Å². The second-order valence-electron chi connectivity index (χ2n) is 6.48. The molecule has 0 saturated heterocycles. The third-order valence-corrected chi connectivity index (χ3v) is 4.29. The monoisotopic (exact) mass is 305 g/mol. The summed E-state index contributed by atoms with van der Waals surface area (Å²) in [5.41, 5.74) is 0.829. The van der Waals surface area contributed by atoms with Crippen LogP contribution in [0.2, 0.25) is 0 Å². The van der Waals surface area contributed by atoms with E-state index in [9.17, 15) is 4.79 Å². The van der Waals surface area contributed by atoms with Gasteiger partial charge in [-0.25, -0.2) is 0 Å². The lowest BCUT2D eigenvalue weighted by molar-refractivity contribution is -0.125. The lowest BCUT2D eigenvalue weighted by Crippen LogP contribution is -2.32. The van der Waals surface area contributed by atoms with E-state index >= 15 is 0 Å². The molecule has 124 valence electrons. The molecule has 22 heavy (non-hydrogen) atoms. The first-order valence-corrected chi connectivity index (χ1v) is 8.39. The van der Waals surface area contributed by atoms with E-state index in [1.165, 1.54) is 19.3 Å². The standard InChI is InChI=1S/C19H31NO2/c1-6-16-8-10-17(11-9-16)19(21)20-18(13-14(2)3)12-7-15(4)22-5/h7,12-14,16-17H,4,6,8-11H2,1-3,5H3,(H,20,21)/b12-7-,18-13+. The number of nitrogens with one attached hydrogen (secondary N) is 1. The molecule has 3 nitrogen and oxygen atoms in total. The van der Waals surface area contributed by atoms with Crippen LogP contribution < -0.4 is 5.32 Å². The Bertz CT molecular complexity index is 427. The Labute approximate surface area is 135 Å². The summed E-state index contributed by atoms with van der Waals surface area (Å²) in [6, 6.07) is 0. The van der Waals surface area contributed by atoms with Crippen molar-refractivity contribution < 1.29 is 9.53 Å². The molecule has 1 saturated carbocycles. The summed E-state index contributed by atoms with van der Waals surface area (Å²) in [6.07, 6.45) is 11.3. The average molecular weight is 305 g/mol. The van der Waals surface area contributed by atoms with E-state index in [4.69, 9.17) is 4.74 Å². The van der Waals surface area contributed by atoms with E-state index in [2.05, 4.69) is 38.7 Å². The molecule has 0 atom stereocenters. The lowest BCUT2D eigenvalue weighted by atomic mass is 9.80. The minimum absolute atomic E-state index is 0.147. The van der Waals surface area contributed by atoms with E-state index in [0.717, 1.165) is 24.5 Å². The Morgan fingerprint density at radius 3 is 2.41 bits per heavy atom. The number of hydrogen-bond donors (Lipinski definition) is 1. The largest absolute Gasteiger partial charge is 0.497 e. The average Bonchev–Trinajstić information content (AvgIpc) is 2.51. The van der Waals surface area contributed by atoms with Crippen LogP contribution in [0, 0.1) is 17.8 Å². The highest BCUT2D eigenvalue weighted by Gasteiger charge is 2.25. The molecular weight excluding hydrogens is 274 g/mol. The second kappa shape index (κ2) is 9.50. The summed E-state index contributed by atoms with van der Waals surface area (Å²) in [5, 5.41) is 3.07. The zero-order valence-electron chi connectivity index (χ0n) is 14.5. The third-order valence-electron chi connectivity index (χ3n) is 4.29. The Morgan fingerprint density at radius 1 is 1.27 bits per heavy atom. The third kappa shape index (κ3) is 6.50. The van der Waals surface area contributed by atoms with Crippen LogP contribution in [0.25, 0.3) is 0 Å². The fraction of sp³-hybridized carbons (Fsp3) is 0.632. The van der Waals surface area contributed by atoms with Crippen LogP contribution in [0.3, 0.4) is 0 Å². The first-order valence-electron chi connectivity index (χ1n) is 8.39. The Hall–Kier alpha value is -1.51. The van der Waals surface area contributed by atoms with Crippen LogP contribution in [0.4, 0.5) is 0 Å². The maximum Gasteiger partial charge on any atom is 0.227 e. The van der Waals surface area contributed by atoms with Gasteiger partial charge in [-0.05, 0) is 49.7 Å². The summed E-state index contributed by atoms with van der Waals surface area (Å²) < 4.78 is 5.03. The van der Waals surface area contributed by atoms with E-state index in [1.54, 1.807) is 13.2 Å². The predicted molar refractivity (Wildman–Crippen MR) is 92.1 cm³/mol. The minimum Gasteiger partial charge on any atom is -0.497 e. The predicted octanol–water partition coefficient (Wildman–Crippen LogP) is 4.58. The van der Waals surface area contributed by atoms with Gasteiger partial charge in [0.2, 0.25) is 5.91 Å². The number of carbonyl (C=O) groups is 1. The first-order chi connectivity index (χ1) is 10.5. The number of ether oxygens (including phenoxy) is 1. The fourth-order valence-electron chi connectivity index (χ4n) is 2.83. The van der Waals surface area contributed by atoms with Crippen LogP contribution in [0.5, 0.6) is 0 Å². The van der Waals surface area contributed by atoms with Gasteiger partial charge >= 0.3 is 0 Å². The van der Waals surface area contributed by atoms with Gasteiger partial charge in [-0.3, -0.25) is 4.79 Å². The van der Waals surface area contributed by atoms with Crippen molar-refractivity contribution in [1.29, 1.82) is 0 Å². The summed E-state index contributed by atoms with van der Waals surface area (Å²) in [5.74, 6) is 2.05. The topological polar surface area (TPSA) is 38.3 Å². The molecule has 1 aliphatic rings. The van der Waals surface area contributed by atoms with Crippen LogP contribution in [0.15, 0.2) is 36.3 Å². The number of rotatable bonds is 7. The molecule has 0 aliphatic heterocycles. The van der Waals surface area contributed by atoms with Gasteiger partial charge in [-0.1, -0.05) is 39.8 Å². The molecule has 0 aromatic rings. The van der Waals surface area contributed by atoms with Gasteiger partial charge in [0.15, 0.2) is 0 Å². The summed E-state index contributed by atoms with van der Waals surface area (Å²) in [4.78, 5) is 12.5. The summed E-state index contributed by atoms with van der Waals surface area (Å²) >= 11 is 0. The SMILES string of the molecule is C=C(/C=C\C(=C/C(C)C)NC(=O)C1CCC(CC)CC1)OC. The maximum absolute atomic E-state index is 12.5.